The van der Waals surface area contributed by atoms with Gasteiger partial charge in [0.15, 0.2) is 0 Å². The molecule has 1 saturated heterocycles. The zero-order valence-electron chi connectivity index (χ0n) is 13.0. The summed E-state index contributed by atoms with van der Waals surface area (Å²) in [5.74, 6) is 0. The first-order valence-electron chi connectivity index (χ1n) is 7.40. The van der Waals surface area contributed by atoms with Crippen LogP contribution in [0.2, 0.25) is 0 Å². The number of aromatic nitrogens is 1. The molecule has 20 heavy (non-hydrogen) atoms. The van der Waals surface area contributed by atoms with Gasteiger partial charge in [-0.1, -0.05) is 6.92 Å². The van der Waals surface area contributed by atoms with Gasteiger partial charge in [0.25, 0.3) is 0 Å². The van der Waals surface area contributed by atoms with E-state index in [9.17, 15) is 5.26 Å². The molecule has 4 heteroatoms. The van der Waals surface area contributed by atoms with Gasteiger partial charge in [-0.3, -0.25) is 4.98 Å². The second kappa shape index (κ2) is 6.23. The predicted octanol–water partition coefficient (Wildman–Crippen LogP) is 2.49. The fraction of sp³-hybridized carbons (Fsp3) is 0.625. The summed E-state index contributed by atoms with van der Waals surface area (Å²) in [6, 6.07) is 4.88. The van der Waals surface area contributed by atoms with Crippen molar-refractivity contribution in [2.45, 2.75) is 39.7 Å². The number of nitrogens with zero attached hydrogens (tertiary/aromatic N) is 4. The van der Waals surface area contributed by atoms with Crippen LogP contribution in [0.15, 0.2) is 6.07 Å². The van der Waals surface area contributed by atoms with Crippen molar-refractivity contribution < 1.29 is 0 Å². The molecule has 0 bridgehead atoms. The molecule has 2 rings (SSSR count). The van der Waals surface area contributed by atoms with Crippen LogP contribution >= 0.6 is 0 Å². The summed E-state index contributed by atoms with van der Waals surface area (Å²) in [5.41, 5.74) is 3.57. The Hall–Kier alpha value is -1.60. The van der Waals surface area contributed by atoms with Gasteiger partial charge in [-0.2, -0.15) is 5.26 Å². The zero-order valence-corrected chi connectivity index (χ0v) is 13.0. The number of hydrogen-bond acceptors (Lipinski definition) is 4. The van der Waals surface area contributed by atoms with Crippen molar-refractivity contribution in [3.8, 4) is 6.07 Å². The third-order valence-corrected chi connectivity index (χ3v) is 4.35. The first kappa shape index (κ1) is 14.8. The average molecular weight is 272 g/mol. The normalized spacial score (nSPS) is 16.9. The number of nitriles is 1. The Morgan fingerprint density at radius 3 is 2.60 bits per heavy atom. The lowest BCUT2D eigenvalue weighted by atomic mass is 10.0. The van der Waals surface area contributed by atoms with E-state index in [1.165, 1.54) is 0 Å². The summed E-state index contributed by atoms with van der Waals surface area (Å²) in [7, 11) is 2.11. The van der Waals surface area contributed by atoms with Crippen LogP contribution in [0.25, 0.3) is 0 Å². The molecule has 0 aliphatic carbocycles. The summed E-state index contributed by atoms with van der Waals surface area (Å²) in [6.45, 7) is 9.56. The fourth-order valence-electron chi connectivity index (χ4n) is 3.04. The highest BCUT2D eigenvalue weighted by molar-refractivity contribution is 5.61. The molecule has 0 atom stereocenters. The maximum Gasteiger partial charge on any atom is 0.103 e. The number of hydrogen-bond donors (Lipinski definition) is 0. The van der Waals surface area contributed by atoms with Crippen LogP contribution in [-0.2, 0) is 0 Å². The Labute approximate surface area is 122 Å². The highest BCUT2D eigenvalue weighted by Crippen LogP contribution is 2.27. The van der Waals surface area contributed by atoms with Gasteiger partial charge in [0, 0.05) is 31.9 Å². The molecule has 4 nitrogen and oxygen atoms in total. The second-order valence-electron chi connectivity index (χ2n) is 5.63. The first-order valence-corrected chi connectivity index (χ1v) is 7.40. The highest BCUT2D eigenvalue weighted by Gasteiger charge is 2.24. The summed E-state index contributed by atoms with van der Waals surface area (Å²) >= 11 is 0. The smallest absolute Gasteiger partial charge is 0.103 e. The van der Waals surface area contributed by atoms with Crippen molar-refractivity contribution in [2.75, 3.05) is 31.6 Å². The zero-order chi connectivity index (χ0) is 14.7. The predicted molar refractivity (Wildman–Crippen MR) is 82.0 cm³/mol. The van der Waals surface area contributed by atoms with Crippen LogP contribution in [0.3, 0.4) is 0 Å². The van der Waals surface area contributed by atoms with Gasteiger partial charge in [-0.25, -0.2) is 0 Å². The second-order valence-corrected chi connectivity index (χ2v) is 5.63. The molecular formula is C16H24N4. The summed E-state index contributed by atoms with van der Waals surface area (Å²) in [6.07, 6.45) is 2.32. The van der Waals surface area contributed by atoms with Gasteiger partial charge in [0.2, 0.25) is 0 Å². The maximum atomic E-state index is 9.39. The number of likely N-dealkylation sites (tertiary alicyclic amines) is 1. The van der Waals surface area contributed by atoms with E-state index in [0.29, 0.717) is 6.04 Å². The van der Waals surface area contributed by atoms with Gasteiger partial charge in [-0.15, -0.1) is 0 Å². The van der Waals surface area contributed by atoms with Crippen molar-refractivity contribution in [1.82, 2.24) is 9.88 Å². The van der Waals surface area contributed by atoms with Crippen molar-refractivity contribution >= 4 is 5.69 Å². The minimum atomic E-state index is 0.520. The van der Waals surface area contributed by atoms with Crippen LogP contribution in [0.1, 0.15) is 36.7 Å². The third kappa shape index (κ3) is 2.94. The molecule has 1 aliphatic rings. The largest absolute Gasteiger partial charge is 0.370 e. The van der Waals surface area contributed by atoms with E-state index in [4.69, 9.17) is 0 Å². The summed E-state index contributed by atoms with van der Waals surface area (Å²) in [5, 5.41) is 9.39. The molecule has 0 saturated carbocycles. The van der Waals surface area contributed by atoms with Crippen molar-refractivity contribution in [3.05, 3.63) is 23.0 Å². The lowest BCUT2D eigenvalue weighted by Crippen LogP contribution is -2.43. The standard InChI is InChI=1S/C16H24N4/c1-5-20-8-6-14(7-9-20)19(4)16-10-12(2)18-13(3)15(16)11-17/h10,14H,5-9H2,1-4H3. The van der Waals surface area contributed by atoms with Gasteiger partial charge in [0.1, 0.15) is 6.07 Å². The quantitative estimate of drug-likeness (QED) is 0.848. The Morgan fingerprint density at radius 1 is 1.40 bits per heavy atom. The number of aryl methyl sites for hydroxylation is 2. The Bertz CT molecular complexity index is 510. The number of anilines is 1. The topological polar surface area (TPSA) is 43.2 Å². The van der Waals surface area contributed by atoms with E-state index in [2.05, 4.69) is 34.8 Å². The SMILES string of the molecule is CCN1CCC(N(C)c2cc(C)nc(C)c2C#N)CC1. The minimum absolute atomic E-state index is 0.520. The molecule has 1 aliphatic heterocycles. The van der Waals surface area contributed by atoms with E-state index >= 15 is 0 Å². The van der Waals surface area contributed by atoms with Gasteiger partial charge >= 0.3 is 0 Å². The molecule has 0 unspecified atom stereocenters. The Kier molecular flexibility index (Phi) is 4.61. The van der Waals surface area contributed by atoms with Crippen LogP contribution in [0.4, 0.5) is 5.69 Å². The van der Waals surface area contributed by atoms with Crippen molar-refractivity contribution in [3.63, 3.8) is 0 Å². The lowest BCUT2D eigenvalue weighted by Gasteiger charge is -2.37. The highest BCUT2D eigenvalue weighted by atomic mass is 15.2. The van der Waals surface area contributed by atoms with Crippen molar-refractivity contribution in [2.24, 2.45) is 0 Å². The molecule has 1 aromatic rings. The van der Waals surface area contributed by atoms with E-state index in [1.807, 2.05) is 19.9 Å². The van der Waals surface area contributed by atoms with Crippen LogP contribution < -0.4 is 4.90 Å². The molecular weight excluding hydrogens is 248 g/mol. The average Bonchev–Trinajstić information content (AvgIpc) is 2.46. The van der Waals surface area contributed by atoms with Crippen molar-refractivity contribution in [1.29, 1.82) is 5.26 Å². The first-order chi connectivity index (χ1) is 9.56. The van der Waals surface area contributed by atoms with E-state index in [-0.39, 0.29) is 0 Å². The molecule has 0 amide bonds. The molecule has 108 valence electrons. The molecule has 2 heterocycles. The lowest BCUT2D eigenvalue weighted by molar-refractivity contribution is 0.221. The third-order valence-electron chi connectivity index (χ3n) is 4.35. The van der Waals surface area contributed by atoms with Gasteiger partial charge in [0.05, 0.1) is 16.9 Å². The molecule has 0 N–H and O–H groups in total. The molecule has 0 spiro atoms. The van der Waals surface area contributed by atoms with Crippen LogP contribution in [0, 0.1) is 25.2 Å². The van der Waals surface area contributed by atoms with Crippen LogP contribution in [0.5, 0.6) is 0 Å². The number of piperidine rings is 1. The minimum Gasteiger partial charge on any atom is -0.370 e. The molecule has 1 aromatic heterocycles. The summed E-state index contributed by atoms with van der Waals surface area (Å²) in [4.78, 5) is 9.17. The molecule has 0 radical (unpaired) electrons. The molecule has 1 fully saturated rings. The van der Waals surface area contributed by atoms with Gasteiger partial charge < -0.3 is 9.80 Å². The van der Waals surface area contributed by atoms with E-state index in [1.54, 1.807) is 0 Å². The molecule has 0 aromatic carbocycles. The Morgan fingerprint density at radius 2 is 2.05 bits per heavy atom. The van der Waals surface area contributed by atoms with Crippen LogP contribution in [-0.4, -0.2) is 42.6 Å². The van der Waals surface area contributed by atoms with E-state index < -0.39 is 0 Å². The monoisotopic (exact) mass is 272 g/mol. The Balaban J connectivity index is 2.22. The maximum absolute atomic E-state index is 9.39. The van der Waals surface area contributed by atoms with E-state index in [0.717, 1.165) is 55.1 Å². The number of rotatable bonds is 3. The van der Waals surface area contributed by atoms with Gasteiger partial charge in [-0.05, 0) is 39.3 Å². The summed E-state index contributed by atoms with van der Waals surface area (Å²) < 4.78 is 0. The fourth-order valence-corrected chi connectivity index (χ4v) is 3.04. The number of pyridine rings is 1.